The van der Waals surface area contributed by atoms with Gasteiger partial charge in [0.2, 0.25) is 0 Å². The van der Waals surface area contributed by atoms with Crippen LogP contribution in [0.15, 0.2) is 34.7 Å². The lowest BCUT2D eigenvalue weighted by molar-refractivity contribution is -0.0186. The van der Waals surface area contributed by atoms with Gasteiger partial charge in [0, 0.05) is 12.1 Å². The minimum atomic E-state index is -1.14. The molecule has 1 fully saturated rings. The molecule has 0 bridgehead atoms. The summed E-state index contributed by atoms with van der Waals surface area (Å²) in [4.78, 5) is 14.7. The fourth-order valence-corrected chi connectivity index (χ4v) is 3.70. The molecule has 2 heterocycles. The number of carbonyl (C=O) groups is 1. The lowest BCUT2D eigenvalue weighted by Gasteiger charge is -2.36. The van der Waals surface area contributed by atoms with Gasteiger partial charge in [0.05, 0.1) is 13.2 Å². The van der Waals surface area contributed by atoms with Crippen LogP contribution in [0.25, 0.3) is 0 Å². The molecule has 1 amide bonds. The standard InChI is InChI=1S/C20H25NO4/c1-13-12-14(2)25-18(13)19(22)21-11-5-6-17(21)20(3,23)15-7-9-16(24-4)10-8-15/h7-10,12,17,23H,5-6,11H2,1-4H3/t17-,20-/m0/s1. The van der Waals surface area contributed by atoms with Crippen LogP contribution in [0.2, 0.25) is 0 Å². The van der Waals surface area contributed by atoms with Crippen molar-refractivity contribution in [3.05, 3.63) is 53.0 Å². The third kappa shape index (κ3) is 3.16. The van der Waals surface area contributed by atoms with E-state index in [4.69, 9.17) is 9.15 Å². The molecule has 3 rings (SSSR count). The normalized spacial score (nSPS) is 19.7. The molecule has 0 radical (unpaired) electrons. The monoisotopic (exact) mass is 343 g/mol. The highest BCUT2D eigenvalue weighted by molar-refractivity contribution is 5.93. The number of amides is 1. The van der Waals surface area contributed by atoms with Crippen LogP contribution >= 0.6 is 0 Å². The van der Waals surface area contributed by atoms with Gasteiger partial charge in [-0.2, -0.15) is 0 Å². The van der Waals surface area contributed by atoms with E-state index in [9.17, 15) is 9.90 Å². The number of rotatable bonds is 4. The molecule has 134 valence electrons. The number of aliphatic hydroxyl groups is 1. The van der Waals surface area contributed by atoms with E-state index in [0.29, 0.717) is 12.3 Å². The molecule has 2 atom stereocenters. The molecule has 1 aliphatic heterocycles. The largest absolute Gasteiger partial charge is 0.497 e. The summed E-state index contributed by atoms with van der Waals surface area (Å²) in [5.41, 5.74) is 0.455. The van der Waals surface area contributed by atoms with E-state index in [0.717, 1.165) is 35.5 Å². The molecule has 1 saturated heterocycles. The second-order valence-corrected chi connectivity index (χ2v) is 6.90. The maximum absolute atomic E-state index is 13.0. The van der Waals surface area contributed by atoms with Crippen molar-refractivity contribution in [1.29, 1.82) is 0 Å². The summed E-state index contributed by atoms with van der Waals surface area (Å²) in [7, 11) is 1.61. The number of ether oxygens (including phenoxy) is 1. The van der Waals surface area contributed by atoms with E-state index in [2.05, 4.69) is 0 Å². The predicted octanol–water partition coefficient (Wildman–Crippen LogP) is 3.42. The van der Waals surface area contributed by atoms with Crippen LogP contribution in [-0.4, -0.2) is 35.6 Å². The van der Waals surface area contributed by atoms with Gasteiger partial charge in [-0.25, -0.2) is 0 Å². The van der Waals surface area contributed by atoms with Gasteiger partial charge in [-0.1, -0.05) is 12.1 Å². The summed E-state index contributed by atoms with van der Waals surface area (Å²) in [6.45, 7) is 6.09. The lowest BCUT2D eigenvalue weighted by Crippen LogP contribution is -2.48. The highest BCUT2D eigenvalue weighted by atomic mass is 16.5. The summed E-state index contributed by atoms with van der Waals surface area (Å²) in [5, 5.41) is 11.2. The Bertz CT molecular complexity index is 761. The lowest BCUT2D eigenvalue weighted by atomic mass is 9.86. The van der Waals surface area contributed by atoms with Crippen molar-refractivity contribution in [2.24, 2.45) is 0 Å². The number of aryl methyl sites for hydroxylation is 2. The first-order chi connectivity index (χ1) is 11.8. The maximum Gasteiger partial charge on any atom is 0.290 e. The average molecular weight is 343 g/mol. The Hall–Kier alpha value is -2.27. The predicted molar refractivity (Wildman–Crippen MR) is 94.8 cm³/mol. The van der Waals surface area contributed by atoms with Gasteiger partial charge in [0.15, 0.2) is 5.76 Å². The molecule has 1 aliphatic rings. The average Bonchev–Trinajstić information content (AvgIpc) is 3.21. The van der Waals surface area contributed by atoms with Crippen molar-refractivity contribution in [2.45, 2.75) is 45.3 Å². The number of likely N-dealkylation sites (tertiary alicyclic amines) is 1. The van der Waals surface area contributed by atoms with E-state index >= 15 is 0 Å². The third-order valence-corrected chi connectivity index (χ3v) is 5.07. The molecule has 1 N–H and O–H groups in total. The van der Waals surface area contributed by atoms with Crippen LogP contribution in [0.5, 0.6) is 5.75 Å². The van der Waals surface area contributed by atoms with Crippen molar-refractivity contribution < 1.29 is 19.1 Å². The van der Waals surface area contributed by atoms with Crippen molar-refractivity contribution in [3.63, 3.8) is 0 Å². The van der Waals surface area contributed by atoms with E-state index in [1.807, 2.05) is 44.2 Å². The molecule has 0 unspecified atom stereocenters. The van der Waals surface area contributed by atoms with Crippen molar-refractivity contribution in [1.82, 2.24) is 4.90 Å². The van der Waals surface area contributed by atoms with Crippen LogP contribution < -0.4 is 4.74 Å². The number of methoxy groups -OCH3 is 1. The Kier molecular flexibility index (Phi) is 4.60. The summed E-state index contributed by atoms with van der Waals surface area (Å²) >= 11 is 0. The molecule has 25 heavy (non-hydrogen) atoms. The first kappa shape index (κ1) is 17.5. The van der Waals surface area contributed by atoms with Gasteiger partial charge in [-0.3, -0.25) is 4.79 Å². The zero-order valence-corrected chi connectivity index (χ0v) is 15.2. The van der Waals surface area contributed by atoms with Gasteiger partial charge in [0.25, 0.3) is 5.91 Å². The molecule has 5 nitrogen and oxygen atoms in total. The number of benzene rings is 1. The fourth-order valence-electron chi connectivity index (χ4n) is 3.70. The topological polar surface area (TPSA) is 62.9 Å². The Morgan fingerprint density at radius 2 is 2.00 bits per heavy atom. The quantitative estimate of drug-likeness (QED) is 0.924. The Balaban J connectivity index is 1.89. The van der Waals surface area contributed by atoms with Gasteiger partial charge < -0.3 is 19.2 Å². The zero-order valence-electron chi connectivity index (χ0n) is 15.2. The zero-order chi connectivity index (χ0) is 18.2. The van der Waals surface area contributed by atoms with Gasteiger partial charge in [0.1, 0.15) is 17.1 Å². The van der Waals surface area contributed by atoms with Crippen LogP contribution in [0.4, 0.5) is 0 Å². The highest BCUT2D eigenvalue weighted by Crippen LogP contribution is 2.36. The van der Waals surface area contributed by atoms with Gasteiger partial charge in [-0.05, 0) is 57.4 Å². The van der Waals surface area contributed by atoms with Gasteiger partial charge in [-0.15, -0.1) is 0 Å². The number of hydrogen-bond donors (Lipinski definition) is 1. The molecular formula is C20H25NO4. The van der Waals surface area contributed by atoms with Gasteiger partial charge >= 0.3 is 0 Å². The minimum Gasteiger partial charge on any atom is -0.497 e. The number of furan rings is 1. The number of carbonyl (C=O) groups excluding carboxylic acids is 1. The summed E-state index contributed by atoms with van der Waals surface area (Å²) in [6, 6.07) is 8.92. The molecule has 0 saturated carbocycles. The van der Waals surface area contributed by atoms with E-state index in [1.54, 1.807) is 18.9 Å². The first-order valence-electron chi connectivity index (χ1n) is 8.59. The summed E-state index contributed by atoms with van der Waals surface area (Å²) in [5.74, 6) is 1.68. The van der Waals surface area contributed by atoms with E-state index in [1.165, 1.54) is 0 Å². The van der Waals surface area contributed by atoms with Crippen LogP contribution in [-0.2, 0) is 5.60 Å². The highest BCUT2D eigenvalue weighted by Gasteiger charge is 2.43. The molecule has 1 aromatic heterocycles. The molecule has 0 spiro atoms. The van der Waals surface area contributed by atoms with E-state index < -0.39 is 5.60 Å². The van der Waals surface area contributed by atoms with Crippen molar-refractivity contribution >= 4 is 5.91 Å². The summed E-state index contributed by atoms with van der Waals surface area (Å²) in [6.07, 6.45) is 1.62. The van der Waals surface area contributed by atoms with Crippen molar-refractivity contribution in [3.8, 4) is 5.75 Å². The Morgan fingerprint density at radius 1 is 1.32 bits per heavy atom. The van der Waals surface area contributed by atoms with E-state index in [-0.39, 0.29) is 11.9 Å². The molecular weight excluding hydrogens is 318 g/mol. The second-order valence-electron chi connectivity index (χ2n) is 6.90. The fraction of sp³-hybridized carbons (Fsp3) is 0.450. The van der Waals surface area contributed by atoms with Crippen LogP contribution in [0.1, 0.15) is 47.2 Å². The molecule has 0 aliphatic carbocycles. The van der Waals surface area contributed by atoms with Crippen LogP contribution in [0.3, 0.4) is 0 Å². The maximum atomic E-state index is 13.0. The number of hydrogen-bond acceptors (Lipinski definition) is 4. The SMILES string of the molecule is COc1ccc([C@](C)(O)[C@@H]2CCCN2C(=O)c2oc(C)cc2C)cc1. The Labute approximate surface area is 148 Å². The third-order valence-electron chi connectivity index (χ3n) is 5.07. The molecule has 5 heteroatoms. The smallest absolute Gasteiger partial charge is 0.290 e. The second kappa shape index (κ2) is 6.56. The Morgan fingerprint density at radius 3 is 2.56 bits per heavy atom. The molecule has 2 aromatic rings. The minimum absolute atomic E-state index is 0.151. The van der Waals surface area contributed by atoms with Crippen LogP contribution in [0, 0.1) is 13.8 Å². The first-order valence-corrected chi connectivity index (χ1v) is 8.59. The van der Waals surface area contributed by atoms with Crippen molar-refractivity contribution in [2.75, 3.05) is 13.7 Å². The molecule has 1 aromatic carbocycles. The summed E-state index contributed by atoms with van der Waals surface area (Å²) < 4.78 is 10.8. The number of nitrogens with zero attached hydrogens (tertiary/aromatic N) is 1.